The van der Waals surface area contributed by atoms with E-state index in [2.05, 4.69) is 27.6 Å². The first-order valence-electron chi connectivity index (χ1n) is 8.54. The third-order valence-corrected chi connectivity index (χ3v) is 5.06. The minimum absolute atomic E-state index is 0.0155. The van der Waals surface area contributed by atoms with Crippen molar-refractivity contribution < 1.29 is 4.79 Å². The van der Waals surface area contributed by atoms with E-state index in [4.69, 9.17) is 0 Å². The Labute approximate surface area is 157 Å². The van der Waals surface area contributed by atoms with E-state index < -0.39 is 0 Å². The van der Waals surface area contributed by atoms with Crippen LogP contribution < -0.4 is 5.32 Å². The molecule has 134 valence electrons. The number of nitrogens with zero attached hydrogens (tertiary/aromatic N) is 3. The van der Waals surface area contributed by atoms with Crippen molar-refractivity contribution in [1.29, 1.82) is 0 Å². The Morgan fingerprint density at radius 2 is 1.73 bits per heavy atom. The predicted molar refractivity (Wildman–Crippen MR) is 104 cm³/mol. The molecule has 0 fully saturated rings. The van der Waals surface area contributed by atoms with Crippen LogP contribution in [0.4, 0.5) is 0 Å². The van der Waals surface area contributed by atoms with Gasteiger partial charge in [0.25, 0.3) is 0 Å². The number of amides is 1. The minimum Gasteiger partial charge on any atom is -0.349 e. The van der Waals surface area contributed by atoms with Crippen molar-refractivity contribution >= 4 is 17.7 Å². The molecule has 0 aliphatic heterocycles. The lowest BCUT2D eigenvalue weighted by Gasteiger charge is -2.14. The molecule has 0 aliphatic rings. The van der Waals surface area contributed by atoms with Crippen molar-refractivity contribution in [3.05, 3.63) is 77.6 Å². The number of carbonyl (C=O) groups is 1. The van der Waals surface area contributed by atoms with E-state index in [9.17, 15) is 4.79 Å². The van der Waals surface area contributed by atoms with Gasteiger partial charge in [0.15, 0.2) is 5.16 Å². The number of benzene rings is 2. The van der Waals surface area contributed by atoms with E-state index >= 15 is 0 Å². The normalized spacial score (nSPS) is 11.9. The Morgan fingerprint density at radius 1 is 1.08 bits per heavy atom. The fourth-order valence-electron chi connectivity index (χ4n) is 2.65. The van der Waals surface area contributed by atoms with Gasteiger partial charge in [-0.2, -0.15) is 0 Å². The lowest BCUT2D eigenvalue weighted by atomic mass is 10.1. The second kappa shape index (κ2) is 8.67. The Morgan fingerprint density at radius 3 is 2.42 bits per heavy atom. The number of hydrogen-bond donors (Lipinski definition) is 1. The highest BCUT2D eigenvalue weighted by Crippen LogP contribution is 2.19. The van der Waals surface area contributed by atoms with Crippen molar-refractivity contribution in [2.45, 2.75) is 31.6 Å². The molecule has 1 atom stereocenters. The van der Waals surface area contributed by atoms with Gasteiger partial charge in [-0.1, -0.05) is 72.4 Å². The number of carbonyl (C=O) groups excluding carboxylic acids is 1. The van der Waals surface area contributed by atoms with Crippen LogP contribution in [-0.4, -0.2) is 26.4 Å². The number of hydrogen-bond acceptors (Lipinski definition) is 4. The van der Waals surface area contributed by atoms with E-state index in [0.29, 0.717) is 12.3 Å². The third kappa shape index (κ3) is 4.73. The lowest BCUT2D eigenvalue weighted by molar-refractivity contribution is -0.119. The van der Waals surface area contributed by atoms with Gasteiger partial charge in [0.1, 0.15) is 5.82 Å². The fourth-order valence-corrected chi connectivity index (χ4v) is 3.45. The van der Waals surface area contributed by atoms with Crippen LogP contribution >= 0.6 is 11.8 Å². The first-order chi connectivity index (χ1) is 12.6. The Balaban J connectivity index is 1.59. The highest BCUT2D eigenvalue weighted by molar-refractivity contribution is 7.99. The fraction of sp³-hybridized carbons (Fsp3) is 0.250. The number of nitrogens with one attached hydrogen (secondary N) is 1. The molecule has 0 bridgehead atoms. The smallest absolute Gasteiger partial charge is 0.230 e. The van der Waals surface area contributed by atoms with Gasteiger partial charge in [0, 0.05) is 0 Å². The van der Waals surface area contributed by atoms with Gasteiger partial charge in [-0.15, -0.1) is 10.2 Å². The van der Waals surface area contributed by atoms with Gasteiger partial charge in [-0.3, -0.25) is 4.79 Å². The maximum Gasteiger partial charge on any atom is 0.230 e. The van der Waals surface area contributed by atoms with Gasteiger partial charge in [0.2, 0.25) is 5.91 Å². The Bertz CT molecular complexity index is 849. The maximum atomic E-state index is 12.3. The molecule has 3 aromatic rings. The molecule has 1 N–H and O–H groups in total. The zero-order valence-corrected chi connectivity index (χ0v) is 15.7. The minimum atomic E-state index is -0.0202. The zero-order chi connectivity index (χ0) is 18.4. The van der Waals surface area contributed by atoms with E-state index in [1.807, 2.05) is 66.9 Å². The van der Waals surface area contributed by atoms with Gasteiger partial charge in [0.05, 0.1) is 18.3 Å². The summed E-state index contributed by atoms with van der Waals surface area (Å²) in [4.78, 5) is 12.3. The highest BCUT2D eigenvalue weighted by atomic mass is 32.2. The van der Waals surface area contributed by atoms with Crippen LogP contribution in [0.15, 0.2) is 65.8 Å². The van der Waals surface area contributed by atoms with E-state index in [-0.39, 0.29) is 11.9 Å². The summed E-state index contributed by atoms with van der Waals surface area (Å²) in [5, 5.41) is 12.2. The molecule has 1 heterocycles. The van der Waals surface area contributed by atoms with Crippen LogP contribution in [0.2, 0.25) is 0 Å². The monoisotopic (exact) mass is 366 g/mol. The van der Waals surface area contributed by atoms with Gasteiger partial charge in [-0.05, 0) is 25.0 Å². The standard InChI is InChI=1S/C20H22N4OS/c1-15(18-11-7-4-8-12-18)21-19(25)14-26-20-23-22-16(2)24(20)13-17-9-5-3-6-10-17/h3-12,15H,13-14H2,1-2H3,(H,21,25). The average Bonchev–Trinajstić information content (AvgIpc) is 3.01. The summed E-state index contributed by atoms with van der Waals surface area (Å²) >= 11 is 1.41. The van der Waals surface area contributed by atoms with Gasteiger partial charge < -0.3 is 9.88 Å². The van der Waals surface area contributed by atoms with Crippen LogP contribution in [0, 0.1) is 6.92 Å². The lowest BCUT2D eigenvalue weighted by Crippen LogP contribution is -2.28. The van der Waals surface area contributed by atoms with E-state index in [1.165, 1.54) is 17.3 Å². The summed E-state index contributed by atoms with van der Waals surface area (Å²) in [6, 6.07) is 20.1. The molecule has 0 saturated heterocycles. The molecule has 2 aromatic carbocycles. The largest absolute Gasteiger partial charge is 0.349 e. The second-order valence-electron chi connectivity index (χ2n) is 6.09. The quantitative estimate of drug-likeness (QED) is 0.649. The van der Waals surface area contributed by atoms with E-state index in [1.54, 1.807) is 0 Å². The summed E-state index contributed by atoms with van der Waals surface area (Å²) < 4.78 is 2.04. The van der Waals surface area contributed by atoms with Crippen molar-refractivity contribution in [2.75, 3.05) is 5.75 Å². The average molecular weight is 366 g/mol. The summed E-state index contributed by atoms with van der Waals surface area (Å²) in [5.74, 6) is 1.14. The molecule has 26 heavy (non-hydrogen) atoms. The van der Waals surface area contributed by atoms with Crippen LogP contribution in [0.5, 0.6) is 0 Å². The third-order valence-electron chi connectivity index (χ3n) is 4.09. The SMILES string of the molecule is Cc1nnc(SCC(=O)NC(C)c2ccccc2)n1Cc1ccccc1. The van der Waals surface area contributed by atoms with E-state index in [0.717, 1.165) is 16.5 Å². The highest BCUT2D eigenvalue weighted by Gasteiger charge is 2.14. The van der Waals surface area contributed by atoms with Crippen molar-refractivity contribution in [2.24, 2.45) is 0 Å². The molecular weight excluding hydrogens is 344 g/mol. The van der Waals surface area contributed by atoms with Crippen LogP contribution in [0.25, 0.3) is 0 Å². The number of rotatable bonds is 7. The van der Waals surface area contributed by atoms with Crippen molar-refractivity contribution in [3.8, 4) is 0 Å². The predicted octanol–water partition coefficient (Wildman–Crippen LogP) is 3.60. The molecule has 3 rings (SSSR count). The molecule has 0 aliphatic carbocycles. The van der Waals surface area contributed by atoms with Crippen LogP contribution in [0.1, 0.15) is 29.9 Å². The number of thioether (sulfide) groups is 1. The maximum absolute atomic E-state index is 12.3. The molecule has 0 saturated carbocycles. The first kappa shape index (κ1) is 18.2. The van der Waals surface area contributed by atoms with Gasteiger partial charge >= 0.3 is 0 Å². The molecule has 5 nitrogen and oxygen atoms in total. The number of aryl methyl sites for hydroxylation is 1. The van der Waals surface area contributed by atoms with Gasteiger partial charge in [-0.25, -0.2) is 0 Å². The molecule has 0 radical (unpaired) electrons. The Hall–Kier alpha value is -2.60. The molecule has 1 aromatic heterocycles. The molecule has 1 amide bonds. The topological polar surface area (TPSA) is 59.8 Å². The molecular formula is C20H22N4OS. The summed E-state index contributed by atoms with van der Waals surface area (Å²) in [6.07, 6.45) is 0. The zero-order valence-electron chi connectivity index (χ0n) is 14.9. The summed E-state index contributed by atoms with van der Waals surface area (Å²) in [7, 11) is 0. The van der Waals surface area contributed by atoms with Crippen LogP contribution in [0.3, 0.4) is 0 Å². The molecule has 0 spiro atoms. The molecule has 1 unspecified atom stereocenters. The van der Waals surface area contributed by atoms with Crippen molar-refractivity contribution in [3.63, 3.8) is 0 Å². The number of aromatic nitrogens is 3. The first-order valence-corrected chi connectivity index (χ1v) is 9.53. The van der Waals surface area contributed by atoms with Crippen LogP contribution in [-0.2, 0) is 11.3 Å². The summed E-state index contributed by atoms with van der Waals surface area (Å²) in [5.41, 5.74) is 2.27. The summed E-state index contributed by atoms with van der Waals surface area (Å²) in [6.45, 7) is 4.61. The Kier molecular flexibility index (Phi) is 6.07. The van der Waals surface area contributed by atoms with Crippen molar-refractivity contribution in [1.82, 2.24) is 20.1 Å². The molecule has 6 heteroatoms. The second-order valence-corrected chi connectivity index (χ2v) is 7.03.